The number of hydrogen-bond acceptors (Lipinski definition) is 8. The number of carboxylic acids is 1. The van der Waals surface area contributed by atoms with Gasteiger partial charge in [-0.3, -0.25) is 19.4 Å². The Morgan fingerprint density at radius 1 is 1.03 bits per heavy atom. The molecule has 15 nitrogen and oxygen atoms in total. The van der Waals surface area contributed by atoms with E-state index in [2.05, 4.69) is 30.9 Å². The van der Waals surface area contributed by atoms with Crippen molar-refractivity contribution in [3.8, 4) is 5.75 Å². The average Bonchev–Trinajstić information content (AvgIpc) is 3.38. The lowest BCUT2D eigenvalue weighted by Crippen LogP contribution is -2.54. The highest BCUT2D eigenvalue weighted by molar-refractivity contribution is 5.92. The first kappa shape index (κ1) is 29.6. The van der Waals surface area contributed by atoms with Gasteiger partial charge in [0.2, 0.25) is 17.7 Å². The number of carbonyl (C=O) groups excluding carboxylic acids is 3. The third kappa shape index (κ3) is 10.5. The minimum atomic E-state index is -1.26. The number of rotatable bonds is 15. The van der Waals surface area contributed by atoms with Gasteiger partial charge in [-0.1, -0.05) is 12.1 Å². The van der Waals surface area contributed by atoms with Crippen LogP contribution in [0.1, 0.15) is 24.1 Å². The van der Waals surface area contributed by atoms with E-state index in [-0.39, 0.29) is 37.5 Å². The number of carboxylic acid groups (broad SMARTS) is 1. The maximum Gasteiger partial charge on any atom is 0.326 e. The van der Waals surface area contributed by atoms with Crippen molar-refractivity contribution in [1.29, 1.82) is 0 Å². The second kappa shape index (κ2) is 14.8. The van der Waals surface area contributed by atoms with E-state index in [0.717, 1.165) is 5.56 Å². The van der Waals surface area contributed by atoms with Gasteiger partial charge < -0.3 is 48.3 Å². The number of nitrogens with two attached hydrogens (primary N) is 3. The van der Waals surface area contributed by atoms with Crippen molar-refractivity contribution in [2.75, 3.05) is 13.1 Å². The molecule has 1 aromatic heterocycles. The predicted octanol–water partition coefficient (Wildman–Crippen LogP) is -2.55. The average molecular weight is 532 g/mol. The quantitative estimate of drug-likeness (QED) is 0.0659. The number of aliphatic carboxylic acids is 1. The Morgan fingerprint density at radius 3 is 2.34 bits per heavy atom. The fourth-order valence-corrected chi connectivity index (χ4v) is 3.38. The minimum Gasteiger partial charge on any atom is -0.508 e. The Labute approximate surface area is 218 Å². The molecule has 0 spiro atoms. The van der Waals surface area contributed by atoms with Gasteiger partial charge in [-0.05, 0) is 37.0 Å². The minimum absolute atomic E-state index is 0.00771. The molecule has 0 fully saturated rings. The normalized spacial score (nSPS) is 13.0. The molecule has 0 saturated carbocycles. The lowest BCUT2D eigenvalue weighted by Gasteiger charge is -2.21. The molecule has 0 aliphatic heterocycles. The van der Waals surface area contributed by atoms with Crippen LogP contribution in [-0.4, -0.2) is 81.0 Å². The van der Waals surface area contributed by atoms with Gasteiger partial charge in [0.1, 0.15) is 17.8 Å². The molecule has 0 radical (unpaired) electrons. The Balaban J connectivity index is 1.95. The summed E-state index contributed by atoms with van der Waals surface area (Å²) in [5, 5.41) is 26.2. The number of H-pyrrole nitrogens is 1. The van der Waals surface area contributed by atoms with Crippen LogP contribution in [-0.2, 0) is 32.0 Å². The number of phenolic OH excluding ortho intramolecular Hbond substituents is 1. The van der Waals surface area contributed by atoms with E-state index in [1.807, 2.05) is 0 Å². The smallest absolute Gasteiger partial charge is 0.326 e. The molecule has 2 rings (SSSR count). The number of nitrogens with zero attached hydrogens (tertiary/aromatic N) is 2. The summed E-state index contributed by atoms with van der Waals surface area (Å²) in [6, 6.07) is 2.83. The first-order chi connectivity index (χ1) is 18.0. The largest absolute Gasteiger partial charge is 0.508 e. The van der Waals surface area contributed by atoms with Crippen LogP contribution in [0, 0.1) is 0 Å². The zero-order chi connectivity index (χ0) is 28.1. The number of phenols is 1. The summed E-state index contributed by atoms with van der Waals surface area (Å²) in [6.07, 6.45) is 3.37. The van der Waals surface area contributed by atoms with E-state index in [0.29, 0.717) is 12.1 Å². The van der Waals surface area contributed by atoms with Crippen LogP contribution in [0.3, 0.4) is 0 Å². The van der Waals surface area contributed by atoms with Gasteiger partial charge in [-0.25, -0.2) is 9.78 Å². The first-order valence-corrected chi connectivity index (χ1v) is 11.7. The fraction of sp³-hybridized carbons (Fsp3) is 0.391. The number of amides is 3. The molecule has 0 aliphatic rings. The van der Waals surface area contributed by atoms with Gasteiger partial charge in [-0.2, -0.15) is 0 Å². The zero-order valence-corrected chi connectivity index (χ0v) is 20.6. The Hall–Kier alpha value is -4.66. The summed E-state index contributed by atoms with van der Waals surface area (Å²) in [7, 11) is 0. The van der Waals surface area contributed by atoms with E-state index in [1.165, 1.54) is 24.7 Å². The Bertz CT molecular complexity index is 1100. The maximum atomic E-state index is 12.9. The molecule has 3 unspecified atom stereocenters. The van der Waals surface area contributed by atoms with Gasteiger partial charge in [0.05, 0.1) is 18.9 Å². The zero-order valence-electron chi connectivity index (χ0n) is 20.6. The van der Waals surface area contributed by atoms with Crippen molar-refractivity contribution in [1.82, 2.24) is 25.9 Å². The number of carbonyl (C=O) groups is 4. The van der Waals surface area contributed by atoms with Gasteiger partial charge in [0.15, 0.2) is 5.96 Å². The fourth-order valence-electron chi connectivity index (χ4n) is 3.38. The number of aromatic hydroxyl groups is 1. The Kier molecular flexibility index (Phi) is 11.5. The highest BCUT2D eigenvalue weighted by atomic mass is 16.4. The first-order valence-electron chi connectivity index (χ1n) is 11.7. The number of aromatic nitrogens is 2. The summed E-state index contributed by atoms with van der Waals surface area (Å²) in [5.74, 6) is -3.32. The number of aromatic amines is 1. The van der Waals surface area contributed by atoms with E-state index in [9.17, 15) is 29.4 Å². The number of hydrogen-bond donors (Lipinski definition) is 9. The monoisotopic (exact) mass is 531 g/mol. The number of guanidine groups is 1. The van der Waals surface area contributed by atoms with Crippen molar-refractivity contribution < 1.29 is 29.4 Å². The van der Waals surface area contributed by atoms with Crippen LogP contribution in [0.25, 0.3) is 0 Å². The topological polar surface area (TPSA) is 264 Å². The summed E-state index contributed by atoms with van der Waals surface area (Å²) >= 11 is 0. The van der Waals surface area contributed by atoms with Gasteiger partial charge in [0, 0.05) is 24.9 Å². The summed E-state index contributed by atoms with van der Waals surface area (Å²) in [6.45, 7) is -0.277. The molecule has 0 aliphatic carbocycles. The third-order valence-corrected chi connectivity index (χ3v) is 5.34. The molecular weight excluding hydrogens is 498 g/mol. The standard InChI is InChI=1S/C23H33N9O6/c24-16(8-13-3-5-15(33)6-4-13)20(35)29-11-19(34)31-18(9-14-10-27-12-30-14)21(36)32-17(22(37)38)2-1-7-28-23(25)26/h3-6,10,12,16-18,33H,1-2,7-9,11,24H2,(H,27,30)(H,29,35)(H,31,34)(H,32,36)(H,37,38)(H4,25,26,28). The van der Waals surface area contributed by atoms with Gasteiger partial charge in [-0.15, -0.1) is 0 Å². The van der Waals surface area contributed by atoms with Crippen LogP contribution in [0.2, 0.25) is 0 Å². The lowest BCUT2D eigenvalue weighted by molar-refractivity contribution is -0.142. The highest BCUT2D eigenvalue weighted by Crippen LogP contribution is 2.11. The van der Waals surface area contributed by atoms with Crippen molar-refractivity contribution in [3.05, 3.63) is 48.0 Å². The molecule has 3 atom stereocenters. The highest BCUT2D eigenvalue weighted by Gasteiger charge is 2.27. The van der Waals surface area contributed by atoms with Crippen LogP contribution < -0.4 is 33.2 Å². The maximum absolute atomic E-state index is 12.9. The molecule has 206 valence electrons. The number of benzene rings is 1. The SMILES string of the molecule is NC(N)=NCCCC(NC(=O)C(Cc1cnc[nH]1)NC(=O)CNC(=O)C(N)Cc1ccc(O)cc1)C(=O)O. The van der Waals surface area contributed by atoms with Crippen molar-refractivity contribution in [3.63, 3.8) is 0 Å². The van der Waals surface area contributed by atoms with Gasteiger partial charge >= 0.3 is 5.97 Å². The Morgan fingerprint density at radius 2 is 1.74 bits per heavy atom. The van der Waals surface area contributed by atoms with Crippen LogP contribution in [0.4, 0.5) is 0 Å². The van der Waals surface area contributed by atoms with E-state index in [1.54, 1.807) is 12.1 Å². The van der Waals surface area contributed by atoms with Crippen molar-refractivity contribution >= 4 is 29.7 Å². The molecule has 2 aromatic rings. The third-order valence-electron chi connectivity index (χ3n) is 5.34. The molecule has 38 heavy (non-hydrogen) atoms. The van der Waals surface area contributed by atoms with Crippen LogP contribution in [0.15, 0.2) is 41.8 Å². The van der Waals surface area contributed by atoms with Gasteiger partial charge in [0.25, 0.3) is 0 Å². The molecular formula is C23H33N9O6. The van der Waals surface area contributed by atoms with Crippen molar-refractivity contribution in [2.45, 2.75) is 43.8 Å². The predicted molar refractivity (Wildman–Crippen MR) is 136 cm³/mol. The molecule has 0 bridgehead atoms. The molecule has 1 heterocycles. The molecule has 3 amide bonds. The van der Waals surface area contributed by atoms with E-state index >= 15 is 0 Å². The van der Waals surface area contributed by atoms with E-state index in [4.69, 9.17) is 17.2 Å². The van der Waals surface area contributed by atoms with E-state index < -0.39 is 48.4 Å². The summed E-state index contributed by atoms with van der Waals surface area (Å²) < 4.78 is 0. The molecule has 12 N–H and O–H groups in total. The summed E-state index contributed by atoms with van der Waals surface area (Å²) in [4.78, 5) is 59.9. The summed E-state index contributed by atoms with van der Waals surface area (Å²) in [5.41, 5.74) is 17.6. The number of nitrogens with one attached hydrogen (secondary N) is 4. The van der Waals surface area contributed by atoms with Crippen molar-refractivity contribution in [2.24, 2.45) is 22.2 Å². The molecule has 15 heteroatoms. The molecule has 1 aromatic carbocycles. The lowest BCUT2D eigenvalue weighted by atomic mass is 10.1. The second-order valence-corrected chi connectivity index (χ2v) is 8.44. The number of aliphatic imine (C=N–C) groups is 1. The van der Waals surface area contributed by atoms with Crippen LogP contribution >= 0.6 is 0 Å². The number of imidazole rings is 1. The van der Waals surface area contributed by atoms with Crippen LogP contribution in [0.5, 0.6) is 5.75 Å². The second-order valence-electron chi connectivity index (χ2n) is 8.44. The molecule has 0 saturated heterocycles.